The van der Waals surface area contributed by atoms with Crippen molar-refractivity contribution in [3.8, 4) is 0 Å². The maximum Gasteiger partial charge on any atom is 0.224 e. The molecular formula is C20H23ClN2O2. The standard InChI is InChI=1S/C20H23ClN2O2/c1-3-23(15(2)24)14-16-7-6-9-18(13-16)22-20(25)12-11-17-8-4-5-10-19(17)21/h4-10,13H,3,11-12,14H2,1-2H3,(H,22,25). The van der Waals surface area contributed by atoms with Crippen LogP contribution in [0.3, 0.4) is 0 Å². The van der Waals surface area contributed by atoms with Crippen LogP contribution in [-0.4, -0.2) is 23.3 Å². The molecule has 0 unspecified atom stereocenters. The van der Waals surface area contributed by atoms with E-state index >= 15 is 0 Å². The number of hydrogen-bond donors (Lipinski definition) is 1. The Labute approximate surface area is 153 Å². The number of rotatable bonds is 7. The van der Waals surface area contributed by atoms with Crippen LogP contribution in [0.15, 0.2) is 48.5 Å². The zero-order valence-electron chi connectivity index (χ0n) is 14.6. The van der Waals surface area contributed by atoms with E-state index in [1.807, 2.05) is 55.5 Å². The molecule has 0 fully saturated rings. The monoisotopic (exact) mass is 358 g/mol. The van der Waals surface area contributed by atoms with Crippen LogP contribution in [0.4, 0.5) is 5.69 Å². The van der Waals surface area contributed by atoms with E-state index in [2.05, 4.69) is 5.32 Å². The predicted molar refractivity (Wildman–Crippen MR) is 102 cm³/mol. The fourth-order valence-corrected chi connectivity index (χ4v) is 2.82. The summed E-state index contributed by atoms with van der Waals surface area (Å²) in [4.78, 5) is 25.5. The first-order valence-electron chi connectivity index (χ1n) is 8.37. The summed E-state index contributed by atoms with van der Waals surface area (Å²) < 4.78 is 0. The van der Waals surface area contributed by atoms with Gasteiger partial charge in [-0.25, -0.2) is 0 Å². The summed E-state index contributed by atoms with van der Waals surface area (Å²) in [5.74, 6) is -0.0207. The van der Waals surface area contributed by atoms with Crippen LogP contribution in [0.2, 0.25) is 5.02 Å². The normalized spacial score (nSPS) is 10.4. The van der Waals surface area contributed by atoms with Crippen LogP contribution in [0.5, 0.6) is 0 Å². The molecular weight excluding hydrogens is 336 g/mol. The summed E-state index contributed by atoms with van der Waals surface area (Å²) in [7, 11) is 0. The summed E-state index contributed by atoms with van der Waals surface area (Å²) in [6, 6.07) is 15.1. The first-order chi connectivity index (χ1) is 12.0. The van der Waals surface area contributed by atoms with Crippen LogP contribution in [0.25, 0.3) is 0 Å². The van der Waals surface area contributed by atoms with E-state index in [0.29, 0.717) is 31.0 Å². The van der Waals surface area contributed by atoms with Crippen LogP contribution in [0.1, 0.15) is 31.4 Å². The van der Waals surface area contributed by atoms with Gasteiger partial charge in [0.1, 0.15) is 0 Å². The number of anilines is 1. The second-order valence-corrected chi connectivity index (χ2v) is 6.28. The number of amides is 2. The molecule has 2 rings (SSSR count). The highest BCUT2D eigenvalue weighted by atomic mass is 35.5. The summed E-state index contributed by atoms with van der Waals surface area (Å²) in [5, 5.41) is 3.59. The van der Waals surface area contributed by atoms with E-state index in [0.717, 1.165) is 16.8 Å². The topological polar surface area (TPSA) is 49.4 Å². The average Bonchev–Trinajstić information content (AvgIpc) is 2.59. The maximum absolute atomic E-state index is 12.2. The Morgan fingerprint density at radius 3 is 2.56 bits per heavy atom. The number of hydrogen-bond acceptors (Lipinski definition) is 2. The molecule has 25 heavy (non-hydrogen) atoms. The third-order valence-electron chi connectivity index (χ3n) is 3.99. The Kier molecular flexibility index (Phi) is 7.02. The Balaban J connectivity index is 1.93. The minimum absolute atomic E-state index is 0.0386. The molecule has 0 aliphatic rings. The van der Waals surface area contributed by atoms with Crippen molar-refractivity contribution in [2.45, 2.75) is 33.2 Å². The van der Waals surface area contributed by atoms with Gasteiger partial charge in [-0.2, -0.15) is 0 Å². The number of carbonyl (C=O) groups excluding carboxylic acids is 2. The molecule has 0 saturated heterocycles. The molecule has 1 N–H and O–H groups in total. The molecule has 0 bridgehead atoms. The summed E-state index contributed by atoms with van der Waals surface area (Å²) in [6.45, 7) is 4.70. The molecule has 2 aromatic rings. The molecule has 2 aromatic carbocycles. The maximum atomic E-state index is 12.2. The van der Waals surface area contributed by atoms with E-state index in [4.69, 9.17) is 11.6 Å². The number of carbonyl (C=O) groups is 2. The second kappa shape index (κ2) is 9.23. The average molecular weight is 359 g/mol. The molecule has 2 amide bonds. The van der Waals surface area contributed by atoms with Gasteiger partial charge in [-0.3, -0.25) is 9.59 Å². The summed E-state index contributed by atoms with van der Waals surface area (Å²) >= 11 is 6.11. The van der Waals surface area contributed by atoms with E-state index in [1.54, 1.807) is 11.8 Å². The highest BCUT2D eigenvalue weighted by molar-refractivity contribution is 6.31. The fourth-order valence-electron chi connectivity index (χ4n) is 2.59. The van der Waals surface area contributed by atoms with Gasteiger partial charge in [0.2, 0.25) is 11.8 Å². The lowest BCUT2D eigenvalue weighted by Crippen LogP contribution is -2.27. The Morgan fingerprint density at radius 1 is 1.12 bits per heavy atom. The van der Waals surface area contributed by atoms with Gasteiger partial charge in [-0.15, -0.1) is 0 Å². The van der Waals surface area contributed by atoms with Gasteiger partial charge < -0.3 is 10.2 Å². The van der Waals surface area contributed by atoms with Gasteiger partial charge in [0.15, 0.2) is 0 Å². The molecule has 0 spiro atoms. The Morgan fingerprint density at radius 2 is 1.88 bits per heavy atom. The molecule has 0 radical (unpaired) electrons. The molecule has 0 atom stereocenters. The number of nitrogens with one attached hydrogen (secondary N) is 1. The van der Waals surface area contributed by atoms with Gasteiger partial charge in [-0.1, -0.05) is 41.9 Å². The number of nitrogens with zero attached hydrogens (tertiary/aromatic N) is 1. The molecule has 0 heterocycles. The second-order valence-electron chi connectivity index (χ2n) is 5.87. The van der Waals surface area contributed by atoms with Gasteiger partial charge in [-0.05, 0) is 42.7 Å². The number of aryl methyl sites for hydroxylation is 1. The van der Waals surface area contributed by atoms with Crippen molar-refractivity contribution >= 4 is 29.1 Å². The van der Waals surface area contributed by atoms with Gasteiger partial charge >= 0.3 is 0 Å². The molecule has 0 aromatic heterocycles. The predicted octanol–water partition coefficient (Wildman–Crippen LogP) is 4.28. The van der Waals surface area contributed by atoms with Crippen molar-refractivity contribution in [1.82, 2.24) is 4.90 Å². The molecule has 132 valence electrons. The fraction of sp³-hybridized carbons (Fsp3) is 0.300. The lowest BCUT2D eigenvalue weighted by molar-refractivity contribution is -0.129. The van der Waals surface area contributed by atoms with Crippen molar-refractivity contribution in [1.29, 1.82) is 0 Å². The van der Waals surface area contributed by atoms with E-state index in [9.17, 15) is 9.59 Å². The van der Waals surface area contributed by atoms with Gasteiger partial charge in [0.05, 0.1) is 0 Å². The quantitative estimate of drug-likeness (QED) is 0.803. The van der Waals surface area contributed by atoms with Crippen LogP contribution >= 0.6 is 11.6 Å². The first kappa shape index (κ1) is 19.0. The third-order valence-corrected chi connectivity index (χ3v) is 4.36. The molecule has 0 aliphatic carbocycles. The number of halogens is 1. The highest BCUT2D eigenvalue weighted by Gasteiger charge is 2.09. The van der Waals surface area contributed by atoms with Gasteiger partial charge in [0, 0.05) is 37.1 Å². The van der Waals surface area contributed by atoms with Crippen LogP contribution in [0, 0.1) is 0 Å². The zero-order chi connectivity index (χ0) is 18.2. The first-order valence-corrected chi connectivity index (χ1v) is 8.75. The Hall–Kier alpha value is -2.33. The van der Waals surface area contributed by atoms with Crippen molar-refractivity contribution in [2.24, 2.45) is 0 Å². The number of benzene rings is 2. The molecule has 5 heteroatoms. The van der Waals surface area contributed by atoms with Crippen LogP contribution in [-0.2, 0) is 22.6 Å². The van der Waals surface area contributed by atoms with E-state index < -0.39 is 0 Å². The third kappa shape index (κ3) is 5.91. The summed E-state index contributed by atoms with van der Waals surface area (Å²) in [5.41, 5.74) is 2.69. The van der Waals surface area contributed by atoms with Gasteiger partial charge in [0.25, 0.3) is 0 Å². The highest BCUT2D eigenvalue weighted by Crippen LogP contribution is 2.17. The largest absolute Gasteiger partial charge is 0.339 e. The van der Waals surface area contributed by atoms with Crippen molar-refractivity contribution in [2.75, 3.05) is 11.9 Å². The van der Waals surface area contributed by atoms with E-state index in [-0.39, 0.29) is 11.8 Å². The molecule has 0 saturated carbocycles. The lowest BCUT2D eigenvalue weighted by atomic mass is 10.1. The lowest BCUT2D eigenvalue weighted by Gasteiger charge is -2.19. The minimum atomic E-state index is -0.0593. The zero-order valence-corrected chi connectivity index (χ0v) is 15.3. The Bertz CT molecular complexity index is 746. The van der Waals surface area contributed by atoms with Crippen molar-refractivity contribution in [3.05, 3.63) is 64.7 Å². The van der Waals surface area contributed by atoms with Crippen molar-refractivity contribution < 1.29 is 9.59 Å². The van der Waals surface area contributed by atoms with Crippen molar-refractivity contribution in [3.63, 3.8) is 0 Å². The molecule has 4 nitrogen and oxygen atoms in total. The minimum Gasteiger partial charge on any atom is -0.339 e. The van der Waals surface area contributed by atoms with E-state index in [1.165, 1.54) is 0 Å². The molecule has 0 aliphatic heterocycles. The van der Waals surface area contributed by atoms with Crippen LogP contribution < -0.4 is 5.32 Å². The summed E-state index contributed by atoms with van der Waals surface area (Å²) in [6.07, 6.45) is 0.960. The SMILES string of the molecule is CCN(Cc1cccc(NC(=O)CCc2ccccc2Cl)c1)C(C)=O. The smallest absolute Gasteiger partial charge is 0.224 e.